The maximum atomic E-state index is 10.5. The number of methoxy groups -OCH3 is 2. The molecule has 2 rings (SSSR count). The first-order valence-corrected chi connectivity index (χ1v) is 9.25. The SMILES string of the molecule is COc1cc(CN(CC(O)COc2ccccc2C)C(C)C)cc(OC)c1. The minimum Gasteiger partial charge on any atom is -0.497 e. The van der Waals surface area contributed by atoms with E-state index < -0.39 is 6.10 Å². The summed E-state index contributed by atoms with van der Waals surface area (Å²) in [4.78, 5) is 2.21. The molecular formula is C22H31NO4. The van der Waals surface area contributed by atoms with Gasteiger partial charge >= 0.3 is 0 Å². The van der Waals surface area contributed by atoms with E-state index >= 15 is 0 Å². The van der Waals surface area contributed by atoms with Gasteiger partial charge in [-0.25, -0.2) is 0 Å². The summed E-state index contributed by atoms with van der Waals surface area (Å²) in [5.41, 5.74) is 2.14. The number of benzene rings is 2. The molecule has 27 heavy (non-hydrogen) atoms. The summed E-state index contributed by atoms with van der Waals surface area (Å²) in [6.07, 6.45) is -0.584. The third-order valence-corrected chi connectivity index (χ3v) is 4.50. The molecule has 0 aliphatic heterocycles. The number of ether oxygens (including phenoxy) is 3. The normalized spacial score (nSPS) is 12.3. The van der Waals surface area contributed by atoms with E-state index in [1.165, 1.54) is 0 Å². The molecule has 5 nitrogen and oxygen atoms in total. The van der Waals surface area contributed by atoms with E-state index in [2.05, 4.69) is 18.7 Å². The summed E-state index contributed by atoms with van der Waals surface area (Å²) >= 11 is 0. The smallest absolute Gasteiger partial charge is 0.122 e. The van der Waals surface area contributed by atoms with Crippen LogP contribution in [0.1, 0.15) is 25.0 Å². The van der Waals surface area contributed by atoms with Gasteiger partial charge < -0.3 is 19.3 Å². The largest absolute Gasteiger partial charge is 0.497 e. The van der Waals surface area contributed by atoms with Crippen LogP contribution >= 0.6 is 0 Å². The standard InChI is InChI=1S/C22H31NO4/c1-16(2)23(13-18-10-20(25-4)12-21(11-18)26-5)14-19(24)15-27-22-9-7-6-8-17(22)3/h6-12,16,19,24H,13-15H2,1-5H3. The Bertz CT molecular complexity index is 695. The fourth-order valence-corrected chi connectivity index (χ4v) is 2.88. The van der Waals surface area contributed by atoms with Crippen molar-refractivity contribution in [3.8, 4) is 17.2 Å². The second-order valence-electron chi connectivity index (χ2n) is 6.97. The van der Waals surface area contributed by atoms with Gasteiger partial charge in [0.05, 0.1) is 14.2 Å². The second kappa shape index (κ2) is 10.2. The molecule has 0 bridgehead atoms. The van der Waals surface area contributed by atoms with Crippen LogP contribution in [0, 0.1) is 6.92 Å². The number of hydrogen-bond acceptors (Lipinski definition) is 5. The summed E-state index contributed by atoms with van der Waals surface area (Å²) in [5, 5.41) is 10.5. The minimum atomic E-state index is -0.584. The van der Waals surface area contributed by atoms with Crippen molar-refractivity contribution in [2.75, 3.05) is 27.4 Å². The van der Waals surface area contributed by atoms with Crippen molar-refractivity contribution in [2.45, 2.75) is 39.5 Å². The van der Waals surface area contributed by atoms with Crippen molar-refractivity contribution in [1.29, 1.82) is 0 Å². The molecule has 2 aromatic carbocycles. The van der Waals surface area contributed by atoms with E-state index in [0.29, 0.717) is 13.1 Å². The van der Waals surface area contributed by atoms with Crippen LogP contribution in [0.25, 0.3) is 0 Å². The molecule has 0 spiro atoms. The van der Waals surface area contributed by atoms with Crippen molar-refractivity contribution in [2.24, 2.45) is 0 Å². The van der Waals surface area contributed by atoms with E-state index in [0.717, 1.165) is 28.4 Å². The molecule has 148 valence electrons. The van der Waals surface area contributed by atoms with Crippen molar-refractivity contribution in [3.05, 3.63) is 53.6 Å². The minimum absolute atomic E-state index is 0.259. The van der Waals surface area contributed by atoms with Gasteiger partial charge in [-0.15, -0.1) is 0 Å². The zero-order valence-electron chi connectivity index (χ0n) is 16.9. The maximum Gasteiger partial charge on any atom is 0.122 e. The van der Waals surface area contributed by atoms with Crippen molar-refractivity contribution >= 4 is 0 Å². The fraction of sp³-hybridized carbons (Fsp3) is 0.455. The Hall–Kier alpha value is -2.24. The Labute approximate surface area is 162 Å². The molecule has 0 aromatic heterocycles. The first-order chi connectivity index (χ1) is 12.9. The van der Waals surface area contributed by atoms with Gasteiger partial charge in [-0.3, -0.25) is 4.90 Å². The van der Waals surface area contributed by atoms with Crippen molar-refractivity contribution in [1.82, 2.24) is 4.90 Å². The zero-order chi connectivity index (χ0) is 19.8. The highest BCUT2D eigenvalue weighted by Crippen LogP contribution is 2.24. The summed E-state index contributed by atoms with van der Waals surface area (Å²) in [5.74, 6) is 2.33. The second-order valence-corrected chi connectivity index (χ2v) is 6.97. The molecule has 0 aliphatic rings. The number of para-hydroxylation sites is 1. The quantitative estimate of drug-likeness (QED) is 0.689. The average Bonchev–Trinajstić information content (AvgIpc) is 2.66. The maximum absolute atomic E-state index is 10.5. The molecule has 1 atom stereocenters. The lowest BCUT2D eigenvalue weighted by Gasteiger charge is -2.29. The topological polar surface area (TPSA) is 51.2 Å². The van der Waals surface area contributed by atoms with Crippen LogP contribution in [0.15, 0.2) is 42.5 Å². The van der Waals surface area contributed by atoms with E-state index in [1.54, 1.807) is 14.2 Å². The third-order valence-electron chi connectivity index (χ3n) is 4.50. The number of aryl methyl sites for hydroxylation is 1. The van der Waals surface area contributed by atoms with Gasteiger partial charge in [0.15, 0.2) is 0 Å². The first kappa shape index (κ1) is 21.1. The van der Waals surface area contributed by atoms with Crippen LogP contribution in [0.5, 0.6) is 17.2 Å². The number of hydrogen-bond donors (Lipinski definition) is 1. The third kappa shape index (κ3) is 6.45. The Balaban J connectivity index is 1.99. The molecule has 0 saturated carbocycles. The van der Waals surface area contributed by atoms with E-state index in [-0.39, 0.29) is 12.6 Å². The highest BCUT2D eigenvalue weighted by atomic mass is 16.5. The summed E-state index contributed by atoms with van der Waals surface area (Å²) in [7, 11) is 3.29. The van der Waals surface area contributed by atoms with E-state index in [1.807, 2.05) is 49.4 Å². The number of aliphatic hydroxyl groups excluding tert-OH is 1. The Morgan fingerprint density at radius 1 is 1.00 bits per heavy atom. The van der Waals surface area contributed by atoms with Gasteiger partial charge in [0.1, 0.15) is 30.0 Å². The number of aliphatic hydroxyl groups is 1. The molecule has 0 saturated heterocycles. The molecule has 1 unspecified atom stereocenters. The van der Waals surface area contributed by atoms with Crippen LogP contribution in [0.2, 0.25) is 0 Å². The van der Waals surface area contributed by atoms with Crippen LogP contribution < -0.4 is 14.2 Å². The molecular weight excluding hydrogens is 342 g/mol. The molecule has 5 heteroatoms. The Morgan fingerprint density at radius 2 is 1.63 bits per heavy atom. The Kier molecular flexibility index (Phi) is 7.95. The average molecular weight is 373 g/mol. The lowest BCUT2D eigenvalue weighted by atomic mass is 10.1. The van der Waals surface area contributed by atoms with E-state index in [4.69, 9.17) is 14.2 Å². The molecule has 0 radical (unpaired) electrons. The highest BCUT2D eigenvalue weighted by molar-refractivity contribution is 5.38. The van der Waals surface area contributed by atoms with Gasteiger partial charge in [-0.2, -0.15) is 0 Å². The summed E-state index contributed by atoms with van der Waals surface area (Å²) in [6, 6.07) is 13.9. The molecule has 1 N–H and O–H groups in total. The van der Waals surface area contributed by atoms with Crippen LogP contribution in [0.4, 0.5) is 0 Å². The van der Waals surface area contributed by atoms with Crippen LogP contribution in [-0.2, 0) is 6.54 Å². The lowest BCUT2D eigenvalue weighted by Crippen LogP contribution is -2.39. The number of nitrogens with zero attached hydrogens (tertiary/aromatic N) is 1. The molecule has 0 aliphatic carbocycles. The highest BCUT2D eigenvalue weighted by Gasteiger charge is 2.17. The van der Waals surface area contributed by atoms with Gasteiger partial charge in [-0.05, 0) is 50.1 Å². The zero-order valence-corrected chi connectivity index (χ0v) is 16.9. The fourth-order valence-electron chi connectivity index (χ4n) is 2.88. The molecule has 0 fully saturated rings. The van der Waals surface area contributed by atoms with Crippen LogP contribution in [0.3, 0.4) is 0 Å². The van der Waals surface area contributed by atoms with E-state index in [9.17, 15) is 5.11 Å². The predicted molar refractivity (Wildman–Crippen MR) is 108 cm³/mol. The van der Waals surface area contributed by atoms with Crippen molar-refractivity contribution in [3.63, 3.8) is 0 Å². The number of rotatable bonds is 10. The molecule has 0 amide bonds. The summed E-state index contributed by atoms with van der Waals surface area (Å²) in [6.45, 7) is 7.70. The first-order valence-electron chi connectivity index (χ1n) is 9.25. The lowest BCUT2D eigenvalue weighted by molar-refractivity contribution is 0.0541. The monoisotopic (exact) mass is 373 g/mol. The predicted octanol–water partition coefficient (Wildman–Crippen LogP) is 3.66. The molecule has 2 aromatic rings. The Morgan fingerprint density at radius 3 is 2.19 bits per heavy atom. The van der Waals surface area contributed by atoms with Gasteiger partial charge in [-0.1, -0.05) is 18.2 Å². The van der Waals surface area contributed by atoms with Crippen LogP contribution in [-0.4, -0.2) is 49.5 Å². The van der Waals surface area contributed by atoms with Gasteiger partial charge in [0.2, 0.25) is 0 Å². The van der Waals surface area contributed by atoms with Gasteiger partial charge in [0.25, 0.3) is 0 Å². The van der Waals surface area contributed by atoms with Crippen molar-refractivity contribution < 1.29 is 19.3 Å². The van der Waals surface area contributed by atoms with Gasteiger partial charge in [0, 0.05) is 25.2 Å². The summed E-state index contributed by atoms with van der Waals surface area (Å²) < 4.78 is 16.5. The molecule has 0 heterocycles.